The lowest BCUT2D eigenvalue weighted by Crippen LogP contribution is -2.13. The number of pyridine rings is 1. The average Bonchev–Trinajstić information content (AvgIpc) is 2.11. The standard InChI is InChI=1S/C9H14N4/c1-3-6(2)12-8-5-4-7(10)9(11)13-8/h3-6H,1,10H2,2H3,(H3,11,12,13). The van der Waals surface area contributed by atoms with Crippen molar-refractivity contribution in [2.45, 2.75) is 13.0 Å². The van der Waals surface area contributed by atoms with Crippen LogP contribution >= 0.6 is 0 Å². The molecule has 0 amide bonds. The van der Waals surface area contributed by atoms with Crippen molar-refractivity contribution in [2.75, 3.05) is 16.8 Å². The van der Waals surface area contributed by atoms with Crippen molar-refractivity contribution in [1.82, 2.24) is 4.98 Å². The molecule has 0 saturated carbocycles. The van der Waals surface area contributed by atoms with E-state index >= 15 is 0 Å². The topological polar surface area (TPSA) is 77.0 Å². The monoisotopic (exact) mass is 178 g/mol. The van der Waals surface area contributed by atoms with Gasteiger partial charge in [0.15, 0.2) is 0 Å². The van der Waals surface area contributed by atoms with E-state index < -0.39 is 0 Å². The molecule has 0 radical (unpaired) electrons. The molecule has 5 N–H and O–H groups in total. The Labute approximate surface area is 77.7 Å². The molecule has 4 nitrogen and oxygen atoms in total. The number of hydrogen-bond donors (Lipinski definition) is 3. The van der Waals surface area contributed by atoms with Crippen LogP contribution in [0.5, 0.6) is 0 Å². The van der Waals surface area contributed by atoms with Crippen LogP contribution < -0.4 is 16.8 Å². The second-order valence-electron chi connectivity index (χ2n) is 2.84. The fraction of sp³-hybridized carbons (Fsp3) is 0.222. The molecule has 0 aliphatic rings. The van der Waals surface area contributed by atoms with Crippen LogP contribution in [-0.2, 0) is 0 Å². The van der Waals surface area contributed by atoms with Crippen molar-refractivity contribution < 1.29 is 0 Å². The Bertz CT molecular complexity index is 308. The summed E-state index contributed by atoms with van der Waals surface area (Å²) in [6.07, 6.45) is 1.79. The third-order valence-corrected chi connectivity index (χ3v) is 1.69. The van der Waals surface area contributed by atoms with Gasteiger partial charge in [-0.05, 0) is 19.1 Å². The molecule has 0 fully saturated rings. The van der Waals surface area contributed by atoms with Crippen LogP contribution in [0.4, 0.5) is 17.3 Å². The van der Waals surface area contributed by atoms with E-state index in [-0.39, 0.29) is 6.04 Å². The minimum atomic E-state index is 0.163. The van der Waals surface area contributed by atoms with Gasteiger partial charge in [0.2, 0.25) is 0 Å². The van der Waals surface area contributed by atoms with Crippen molar-refractivity contribution in [3.8, 4) is 0 Å². The van der Waals surface area contributed by atoms with Crippen LogP contribution in [-0.4, -0.2) is 11.0 Å². The third kappa shape index (κ3) is 2.37. The largest absolute Gasteiger partial charge is 0.396 e. The van der Waals surface area contributed by atoms with Crippen molar-refractivity contribution >= 4 is 17.3 Å². The first-order chi connectivity index (χ1) is 6.13. The Kier molecular flexibility index (Phi) is 2.74. The summed E-state index contributed by atoms with van der Waals surface area (Å²) in [5, 5.41) is 3.09. The summed E-state index contributed by atoms with van der Waals surface area (Å²) in [6.45, 7) is 5.62. The lowest BCUT2D eigenvalue weighted by molar-refractivity contribution is 0.985. The number of hydrogen-bond acceptors (Lipinski definition) is 4. The maximum Gasteiger partial charge on any atom is 0.149 e. The Morgan fingerprint density at radius 1 is 1.54 bits per heavy atom. The predicted molar refractivity (Wildman–Crippen MR) is 56.3 cm³/mol. The number of aromatic nitrogens is 1. The molecule has 0 aliphatic carbocycles. The molecule has 1 rings (SSSR count). The number of nitrogens with zero attached hydrogens (tertiary/aromatic N) is 1. The van der Waals surface area contributed by atoms with Gasteiger partial charge in [0.25, 0.3) is 0 Å². The Balaban J connectivity index is 2.79. The van der Waals surface area contributed by atoms with Crippen molar-refractivity contribution in [3.05, 3.63) is 24.8 Å². The van der Waals surface area contributed by atoms with Crippen LogP contribution in [0.15, 0.2) is 24.8 Å². The van der Waals surface area contributed by atoms with Gasteiger partial charge in [-0.25, -0.2) is 4.98 Å². The second-order valence-corrected chi connectivity index (χ2v) is 2.84. The quantitative estimate of drug-likeness (QED) is 0.608. The number of nitrogens with one attached hydrogen (secondary N) is 1. The fourth-order valence-corrected chi connectivity index (χ4v) is 0.858. The molecule has 0 aliphatic heterocycles. The number of anilines is 3. The average molecular weight is 178 g/mol. The van der Waals surface area contributed by atoms with Crippen LogP contribution in [0.3, 0.4) is 0 Å². The van der Waals surface area contributed by atoms with Gasteiger partial charge in [-0.3, -0.25) is 0 Å². The van der Waals surface area contributed by atoms with E-state index in [1.54, 1.807) is 18.2 Å². The molecule has 70 valence electrons. The van der Waals surface area contributed by atoms with Crippen LogP contribution in [0.25, 0.3) is 0 Å². The molecule has 1 atom stereocenters. The summed E-state index contributed by atoms with van der Waals surface area (Å²) in [4.78, 5) is 4.05. The molecule has 0 saturated heterocycles. The second kappa shape index (κ2) is 3.80. The van der Waals surface area contributed by atoms with E-state index in [0.717, 1.165) is 0 Å². The van der Waals surface area contributed by atoms with Gasteiger partial charge < -0.3 is 16.8 Å². The third-order valence-electron chi connectivity index (χ3n) is 1.69. The summed E-state index contributed by atoms with van der Waals surface area (Å²) < 4.78 is 0. The minimum absolute atomic E-state index is 0.163. The number of rotatable bonds is 3. The first kappa shape index (κ1) is 9.38. The molecule has 1 aromatic rings. The summed E-state index contributed by atoms with van der Waals surface area (Å²) in [5.74, 6) is 1.06. The van der Waals surface area contributed by atoms with Gasteiger partial charge in [-0.1, -0.05) is 6.08 Å². The Morgan fingerprint density at radius 3 is 2.77 bits per heavy atom. The zero-order chi connectivity index (χ0) is 9.84. The zero-order valence-electron chi connectivity index (χ0n) is 7.62. The lowest BCUT2D eigenvalue weighted by atomic mass is 10.3. The highest BCUT2D eigenvalue weighted by atomic mass is 15.0. The van der Waals surface area contributed by atoms with Gasteiger partial charge in [0, 0.05) is 6.04 Å². The van der Waals surface area contributed by atoms with E-state index in [1.165, 1.54) is 0 Å². The predicted octanol–water partition coefficient (Wildman–Crippen LogP) is 1.23. The molecular formula is C9H14N4. The van der Waals surface area contributed by atoms with E-state index in [4.69, 9.17) is 11.5 Å². The zero-order valence-corrected chi connectivity index (χ0v) is 7.62. The van der Waals surface area contributed by atoms with Gasteiger partial charge in [0.1, 0.15) is 11.6 Å². The highest BCUT2D eigenvalue weighted by Gasteiger charge is 2.00. The SMILES string of the molecule is C=CC(C)Nc1ccc(N)c(N)n1. The van der Waals surface area contributed by atoms with Crippen molar-refractivity contribution in [1.29, 1.82) is 0 Å². The molecule has 1 unspecified atom stereocenters. The first-order valence-corrected chi connectivity index (χ1v) is 4.04. The Hall–Kier alpha value is -1.71. The summed E-state index contributed by atoms with van der Waals surface area (Å²) in [6, 6.07) is 3.67. The maximum absolute atomic E-state index is 5.54. The fourth-order valence-electron chi connectivity index (χ4n) is 0.858. The summed E-state index contributed by atoms with van der Waals surface area (Å²) in [5.41, 5.74) is 11.5. The van der Waals surface area contributed by atoms with E-state index in [0.29, 0.717) is 17.3 Å². The van der Waals surface area contributed by atoms with Gasteiger partial charge in [-0.15, -0.1) is 6.58 Å². The minimum Gasteiger partial charge on any atom is -0.396 e. The molecule has 1 aromatic heterocycles. The van der Waals surface area contributed by atoms with Gasteiger partial charge in [0.05, 0.1) is 5.69 Å². The summed E-state index contributed by atoms with van der Waals surface area (Å²) in [7, 11) is 0. The van der Waals surface area contributed by atoms with Crippen molar-refractivity contribution in [3.63, 3.8) is 0 Å². The molecule has 4 heteroatoms. The smallest absolute Gasteiger partial charge is 0.149 e. The van der Waals surface area contributed by atoms with E-state index in [9.17, 15) is 0 Å². The normalized spacial score (nSPS) is 12.1. The van der Waals surface area contributed by atoms with Crippen LogP contribution in [0.1, 0.15) is 6.92 Å². The number of nitrogen functional groups attached to an aromatic ring is 2. The highest BCUT2D eigenvalue weighted by Crippen LogP contribution is 2.15. The van der Waals surface area contributed by atoms with Crippen LogP contribution in [0.2, 0.25) is 0 Å². The number of nitrogens with two attached hydrogens (primary N) is 2. The molecule has 1 heterocycles. The first-order valence-electron chi connectivity index (χ1n) is 4.04. The van der Waals surface area contributed by atoms with Gasteiger partial charge >= 0.3 is 0 Å². The molecule has 13 heavy (non-hydrogen) atoms. The van der Waals surface area contributed by atoms with Gasteiger partial charge in [-0.2, -0.15) is 0 Å². The highest BCUT2D eigenvalue weighted by molar-refractivity contribution is 5.61. The van der Waals surface area contributed by atoms with Crippen LogP contribution in [0, 0.1) is 0 Å². The lowest BCUT2D eigenvalue weighted by Gasteiger charge is -2.10. The molecule has 0 spiro atoms. The summed E-state index contributed by atoms with van der Waals surface area (Å²) >= 11 is 0. The Morgan fingerprint density at radius 2 is 2.23 bits per heavy atom. The molecule has 0 aromatic carbocycles. The van der Waals surface area contributed by atoms with Crippen molar-refractivity contribution in [2.24, 2.45) is 0 Å². The van der Waals surface area contributed by atoms with E-state index in [2.05, 4.69) is 16.9 Å². The van der Waals surface area contributed by atoms with E-state index in [1.807, 2.05) is 6.92 Å². The molecule has 0 bridgehead atoms. The maximum atomic E-state index is 5.54. The molecular weight excluding hydrogens is 164 g/mol.